The minimum Gasteiger partial charge on any atom is -0.508 e. The van der Waals surface area contributed by atoms with Crippen LogP contribution in [0.5, 0.6) is 17.2 Å². The minimum absolute atomic E-state index is 0.104. The number of esters is 1. The molecule has 2 aromatic carbocycles. The second-order valence-electron chi connectivity index (χ2n) is 8.12. The number of phenolic OH excluding ortho intramolecular Hbond substituents is 1. The lowest BCUT2D eigenvalue weighted by Crippen LogP contribution is -2.44. The van der Waals surface area contributed by atoms with Crippen molar-refractivity contribution in [3.8, 4) is 17.2 Å². The number of fused-ring (bicyclic) bond motifs is 3. The molecule has 1 unspecified atom stereocenters. The zero-order valence-electron chi connectivity index (χ0n) is 15.6. The summed E-state index contributed by atoms with van der Waals surface area (Å²) in [7, 11) is 0. The molecule has 1 aliphatic carbocycles. The molecule has 0 aromatic heterocycles. The van der Waals surface area contributed by atoms with Gasteiger partial charge in [-0.1, -0.05) is 18.6 Å². The van der Waals surface area contributed by atoms with Crippen molar-refractivity contribution in [3.05, 3.63) is 53.1 Å². The van der Waals surface area contributed by atoms with Crippen LogP contribution in [0, 0.1) is 0 Å². The third-order valence-electron chi connectivity index (χ3n) is 6.26. The highest BCUT2D eigenvalue weighted by molar-refractivity contribution is 6.01. The third kappa shape index (κ3) is 2.77. The first-order valence-corrected chi connectivity index (χ1v) is 9.93. The van der Waals surface area contributed by atoms with Gasteiger partial charge in [0.05, 0.1) is 18.4 Å². The van der Waals surface area contributed by atoms with Crippen molar-refractivity contribution < 1.29 is 24.2 Å². The molecule has 3 aliphatic rings. The molecular formula is C23H22O5. The summed E-state index contributed by atoms with van der Waals surface area (Å²) < 4.78 is 12.1. The van der Waals surface area contributed by atoms with Crippen molar-refractivity contribution in [1.82, 2.24) is 0 Å². The van der Waals surface area contributed by atoms with E-state index in [4.69, 9.17) is 9.47 Å². The zero-order chi connectivity index (χ0) is 19.3. The van der Waals surface area contributed by atoms with E-state index >= 15 is 0 Å². The molecule has 0 saturated heterocycles. The van der Waals surface area contributed by atoms with Crippen molar-refractivity contribution in [3.63, 3.8) is 0 Å². The van der Waals surface area contributed by atoms with Crippen LogP contribution in [-0.4, -0.2) is 22.5 Å². The third-order valence-corrected chi connectivity index (χ3v) is 6.26. The number of aromatic hydroxyl groups is 1. The van der Waals surface area contributed by atoms with Gasteiger partial charge in [0.15, 0.2) is 5.78 Å². The Bertz CT molecular complexity index is 954. The molecule has 5 heteroatoms. The average molecular weight is 378 g/mol. The van der Waals surface area contributed by atoms with Crippen LogP contribution in [0.2, 0.25) is 0 Å². The zero-order valence-corrected chi connectivity index (χ0v) is 15.6. The van der Waals surface area contributed by atoms with E-state index in [-0.39, 0.29) is 29.8 Å². The number of carbonyl (C=O) groups is 2. The molecule has 1 spiro atoms. The van der Waals surface area contributed by atoms with Crippen LogP contribution in [0.25, 0.3) is 0 Å². The molecule has 2 aliphatic heterocycles. The van der Waals surface area contributed by atoms with Crippen LogP contribution < -0.4 is 9.47 Å². The molecule has 144 valence electrons. The Morgan fingerprint density at radius 1 is 0.964 bits per heavy atom. The topological polar surface area (TPSA) is 72.8 Å². The summed E-state index contributed by atoms with van der Waals surface area (Å²) >= 11 is 0. The van der Waals surface area contributed by atoms with Gasteiger partial charge in [0.25, 0.3) is 0 Å². The number of benzene rings is 2. The second kappa shape index (κ2) is 6.36. The Morgan fingerprint density at radius 2 is 1.71 bits per heavy atom. The number of ketones is 1. The molecule has 2 aromatic rings. The van der Waals surface area contributed by atoms with E-state index in [2.05, 4.69) is 0 Å². The molecule has 5 rings (SSSR count). The smallest absolute Gasteiger partial charge is 0.312 e. The van der Waals surface area contributed by atoms with Gasteiger partial charge in [0.2, 0.25) is 0 Å². The van der Waals surface area contributed by atoms with Gasteiger partial charge >= 0.3 is 5.97 Å². The van der Waals surface area contributed by atoms with Crippen LogP contribution in [0.3, 0.4) is 0 Å². The highest BCUT2D eigenvalue weighted by atomic mass is 16.5. The molecule has 1 fully saturated rings. The van der Waals surface area contributed by atoms with Gasteiger partial charge in [0, 0.05) is 11.5 Å². The van der Waals surface area contributed by atoms with Gasteiger partial charge in [-0.15, -0.1) is 0 Å². The van der Waals surface area contributed by atoms with E-state index in [9.17, 15) is 14.7 Å². The van der Waals surface area contributed by atoms with Crippen molar-refractivity contribution in [2.75, 3.05) is 0 Å². The lowest BCUT2D eigenvalue weighted by molar-refractivity contribution is -0.135. The van der Waals surface area contributed by atoms with Crippen molar-refractivity contribution in [2.24, 2.45) is 0 Å². The Labute approximate surface area is 163 Å². The molecule has 1 N–H and O–H groups in total. The Morgan fingerprint density at radius 3 is 2.46 bits per heavy atom. The molecule has 1 saturated carbocycles. The lowest BCUT2D eigenvalue weighted by Gasteiger charge is -2.42. The fourth-order valence-electron chi connectivity index (χ4n) is 4.87. The minimum atomic E-state index is -0.432. The molecular weight excluding hydrogens is 356 g/mol. The van der Waals surface area contributed by atoms with Crippen LogP contribution in [0.15, 0.2) is 36.4 Å². The number of hydrogen-bond acceptors (Lipinski definition) is 5. The second-order valence-corrected chi connectivity index (χ2v) is 8.12. The van der Waals surface area contributed by atoms with Gasteiger partial charge in [-0.3, -0.25) is 9.59 Å². The molecule has 0 radical (unpaired) electrons. The highest BCUT2D eigenvalue weighted by Gasteiger charge is 2.44. The number of phenols is 1. The first kappa shape index (κ1) is 17.3. The van der Waals surface area contributed by atoms with Gasteiger partial charge in [-0.25, -0.2) is 0 Å². The Kier molecular flexibility index (Phi) is 3.93. The molecule has 5 nitrogen and oxygen atoms in total. The maximum absolute atomic E-state index is 13.0. The number of rotatable bonds is 1. The van der Waals surface area contributed by atoms with E-state index in [1.54, 1.807) is 24.3 Å². The summed E-state index contributed by atoms with van der Waals surface area (Å²) in [4.78, 5) is 25.2. The van der Waals surface area contributed by atoms with Crippen LogP contribution in [0.1, 0.15) is 72.3 Å². The number of Topliss-reactive ketones (excluding diaryl/α,β-unsaturated/α-hetero) is 1. The van der Waals surface area contributed by atoms with Gasteiger partial charge in [0.1, 0.15) is 22.8 Å². The standard InChI is InChI=1S/C23H22O5/c24-15-6-4-14(5-7-15)17-12-20(26)27-19-9-8-16-18(25)13-23(10-2-1-3-11-23)28-22(16)21(17)19/h4-9,17,24H,1-3,10-13H2. The maximum Gasteiger partial charge on any atom is 0.312 e. The maximum atomic E-state index is 13.0. The first-order chi connectivity index (χ1) is 13.5. The monoisotopic (exact) mass is 378 g/mol. The normalized spacial score (nSPS) is 22.8. The molecule has 28 heavy (non-hydrogen) atoms. The number of ether oxygens (including phenoxy) is 2. The number of hydrogen-bond donors (Lipinski definition) is 1. The van der Waals surface area contributed by atoms with E-state index in [0.29, 0.717) is 23.5 Å². The summed E-state index contributed by atoms with van der Waals surface area (Å²) in [5.41, 5.74) is 1.82. The quantitative estimate of drug-likeness (QED) is 0.584. The average Bonchev–Trinajstić information content (AvgIpc) is 2.68. The Balaban J connectivity index is 1.66. The van der Waals surface area contributed by atoms with E-state index in [1.165, 1.54) is 6.42 Å². The predicted octanol–water partition coefficient (Wildman–Crippen LogP) is 4.50. The molecule has 0 bridgehead atoms. The van der Waals surface area contributed by atoms with Crippen molar-refractivity contribution >= 4 is 11.8 Å². The largest absolute Gasteiger partial charge is 0.508 e. The molecule has 1 atom stereocenters. The fourth-order valence-corrected chi connectivity index (χ4v) is 4.87. The molecule has 2 heterocycles. The van der Waals surface area contributed by atoms with Gasteiger partial charge < -0.3 is 14.6 Å². The highest BCUT2D eigenvalue weighted by Crippen LogP contribution is 2.51. The van der Waals surface area contributed by atoms with Crippen LogP contribution in [-0.2, 0) is 4.79 Å². The van der Waals surface area contributed by atoms with Crippen molar-refractivity contribution in [1.29, 1.82) is 0 Å². The SMILES string of the molecule is O=C1CC(c2ccc(O)cc2)c2c(ccc3c2OC2(CCCCC2)CC3=O)O1. The predicted molar refractivity (Wildman–Crippen MR) is 102 cm³/mol. The molecule has 0 amide bonds. The summed E-state index contributed by atoms with van der Waals surface area (Å²) in [5, 5.41) is 9.63. The lowest BCUT2D eigenvalue weighted by atomic mass is 9.76. The number of carbonyl (C=O) groups excluding carboxylic acids is 2. The van der Waals surface area contributed by atoms with Crippen LogP contribution in [0.4, 0.5) is 0 Å². The fraction of sp³-hybridized carbons (Fsp3) is 0.391. The Hall–Kier alpha value is -2.82. The van der Waals surface area contributed by atoms with E-state index < -0.39 is 5.60 Å². The first-order valence-electron chi connectivity index (χ1n) is 9.93. The van der Waals surface area contributed by atoms with Gasteiger partial charge in [-0.05, 0) is 55.5 Å². The van der Waals surface area contributed by atoms with E-state index in [0.717, 1.165) is 36.8 Å². The van der Waals surface area contributed by atoms with Crippen LogP contribution >= 0.6 is 0 Å². The van der Waals surface area contributed by atoms with Crippen molar-refractivity contribution in [2.45, 2.75) is 56.5 Å². The summed E-state index contributed by atoms with van der Waals surface area (Å²) in [5.74, 6) is 0.755. The summed E-state index contributed by atoms with van der Waals surface area (Å²) in [6.45, 7) is 0. The van der Waals surface area contributed by atoms with Gasteiger partial charge in [-0.2, -0.15) is 0 Å². The summed E-state index contributed by atoms with van der Waals surface area (Å²) in [6.07, 6.45) is 5.66. The summed E-state index contributed by atoms with van der Waals surface area (Å²) in [6, 6.07) is 10.3. The van der Waals surface area contributed by atoms with E-state index in [1.807, 2.05) is 12.1 Å².